The molecule has 0 bridgehead atoms. The molecule has 3 aromatic rings. The Balaban J connectivity index is 1.67. The zero-order valence-corrected chi connectivity index (χ0v) is 23.0. The molecule has 4 rings (SSSR count). The van der Waals surface area contributed by atoms with Crippen LogP contribution in [0.5, 0.6) is 11.6 Å². The highest BCUT2D eigenvalue weighted by Gasteiger charge is 2.36. The first kappa shape index (κ1) is 28.5. The lowest BCUT2D eigenvalue weighted by molar-refractivity contribution is -0.137. The average Bonchev–Trinajstić information content (AvgIpc) is 3.72. The maximum Gasteiger partial charge on any atom is 0.303 e. The molecule has 0 saturated heterocycles. The Labute approximate surface area is 227 Å². The Bertz CT molecular complexity index is 1330. The van der Waals surface area contributed by atoms with E-state index in [1.807, 2.05) is 26.8 Å². The summed E-state index contributed by atoms with van der Waals surface area (Å²) in [7, 11) is 3.09. The van der Waals surface area contributed by atoms with Crippen LogP contribution in [0, 0.1) is 23.0 Å². The van der Waals surface area contributed by atoms with Gasteiger partial charge in [-0.15, -0.1) is 0 Å². The highest BCUT2D eigenvalue weighted by molar-refractivity contribution is 5.70. The summed E-state index contributed by atoms with van der Waals surface area (Å²) < 4.78 is 47.4. The maximum absolute atomic E-state index is 15.5. The highest BCUT2D eigenvalue weighted by Crippen LogP contribution is 2.46. The van der Waals surface area contributed by atoms with Gasteiger partial charge in [-0.25, -0.2) is 13.8 Å². The number of halogens is 2. The van der Waals surface area contributed by atoms with Crippen molar-refractivity contribution in [3.8, 4) is 22.8 Å². The Morgan fingerprint density at radius 2 is 1.82 bits per heavy atom. The zero-order chi connectivity index (χ0) is 28.3. The van der Waals surface area contributed by atoms with Gasteiger partial charge in [-0.3, -0.25) is 4.79 Å². The second kappa shape index (κ2) is 11.7. The quantitative estimate of drug-likeness (QED) is 0.275. The van der Waals surface area contributed by atoms with Gasteiger partial charge >= 0.3 is 5.97 Å². The van der Waals surface area contributed by atoms with E-state index in [1.54, 1.807) is 43.5 Å². The molecule has 2 aromatic carbocycles. The molecule has 1 saturated carbocycles. The van der Waals surface area contributed by atoms with E-state index >= 15 is 4.39 Å². The van der Waals surface area contributed by atoms with Gasteiger partial charge in [0.15, 0.2) is 11.6 Å². The molecule has 1 fully saturated rings. The number of carbonyl (C=O) groups is 1. The average molecular weight is 540 g/mol. The third-order valence-electron chi connectivity index (χ3n) is 7.12. The van der Waals surface area contributed by atoms with Crippen LogP contribution in [0.3, 0.4) is 0 Å². The molecule has 1 N–H and O–H groups in total. The van der Waals surface area contributed by atoms with Crippen LogP contribution < -0.4 is 9.47 Å². The summed E-state index contributed by atoms with van der Waals surface area (Å²) in [5, 5.41) is 9.34. The van der Waals surface area contributed by atoms with Gasteiger partial charge in [-0.05, 0) is 58.6 Å². The normalized spacial score (nSPS) is 15.1. The van der Waals surface area contributed by atoms with Gasteiger partial charge in [0.05, 0.1) is 25.8 Å². The van der Waals surface area contributed by atoms with Crippen molar-refractivity contribution in [2.24, 2.45) is 11.3 Å². The summed E-state index contributed by atoms with van der Waals surface area (Å²) in [4.78, 5) is 15.3. The van der Waals surface area contributed by atoms with Crippen molar-refractivity contribution in [2.45, 2.75) is 58.7 Å². The number of hydrogen-bond acceptors (Lipinski definition) is 5. The first-order valence-electron chi connectivity index (χ1n) is 13.0. The van der Waals surface area contributed by atoms with E-state index in [1.165, 1.54) is 7.11 Å². The van der Waals surface area contributed by atoms with Crippen molar-refractivity contribution >= 4 is 5.97 Å². The van der Waals surface area contributed by atoms with Crippen molar-refractivity contribution in [2.75, 3.05) is 14.2 Å². The summed E-state index contributed by atoms with van der Waals surface area (Å²) in [6, 6.07) is 11.9. The predicted octanol–water partition coefficient (Wildman–Crippen LogP) is 7.32. The lowest BCUT2D eigenvalue weighted by Gasteiger charge is -2.32. The Morgan fingerprint density at radius 1 is 1.08 bits per heavy atom. The van der Waals surface area contributed by atoms with Gasteiger partial charge in [0, 0.05) is 24.7 Å². The molecule has 1 aliphatic carbocycles. The molecular formula is C31H35F2NO5. The number of carboxylic acids is 1. The molecule has 8 heteroatoms. The van der Waals surface area contributed by atoms with Crippen LogP contribution >= 0.6 is 0 Å². The molecule has 208 valence electrons. The molecule has 2 atom stereocenters. The van der Waals surface area contributed by atoms with Crippen LogP contribution in [-0.2, 0) is 16.1 Å². The summed E-state index contributed by atoms with van der Waals surface area (Å²) in [6.07, 6.45) is 2.42. The first-order valence-corrected chi connectivity index (χ1v) is 13.0. The third kappa shape index (κ3) is 6.56. The van der Waals surface area contributed by atoms with E-state index in [0.717, 1.165) is 30.2 Å². The fourth-order valence-electron chi connectivity index (χ4n) is 5.15. The van der Waals surface area contributed by atoms with E-state index in [4.69, 9.17) is 14.2 Å². The molecule has 0 radical (unpaired) electrons. The number of benzene rings is 2. The van der Waals surface area contributed by atoms with Crippen molar-refractivity contribution in [3.63, 3.8) is 0 Å². The number of hydrogen-bond donors (Lipinski definition) is 1. The number of pyridine rings is 1. The van der Waals surface area contributed by atoms with Crippen LogP contribution in [0.2, 0.25) is 0 Å². The molecule has 1 aliphatic rings. The van der Waals surface area contributed by atoms with Gasteiger partial charge in [-0.2, -0.15) is 0 Å². The summed E-state index contributed by atoms with van der Waals surface area (Å²) in [6.45, 7) is 6.16. The Kier molecular flexibility index (Phi) is 8.54. The standard InChI is InChI=1S/C31H35F2NO5/c1-31(2,3)30(38-5)24-13-18(9-12-20(24)23-14-27(37-4)34-16-25(23)32)17-39-26-8-6-7-21(29(26)33)22(15-28(35)36)19-10-11-19/h6-9,12-14,16,19,22,30H,10-11,15,17H2,1-5H3,(H,35,36)/t22-,30?/m1/s1. The molecule has 0 spiro atoms. The van der Waals surface area contributed by atoms with E-state index < -0.39 is 17.6 Å². The fraction of sp³-hybridized carbons (Fsp3) is 0.419. The summed E-state index contributed by atoms with van der Waals surface area (Å²) >= 11 is 0. The molecule has 1 unspecified atom stereocenters. The van der Waals surface area contributed by atoms with Gasteiger partial charge in [-0.1, -0.05) is 45.0 Å². The SMILES string of the molecule is COc1cc(-c2ccc(COc3cccc([C@H](CC(=O)O)C4CC4)c3F)cc2C(OC)C(C)(C)C)c(F)cn1. The first-order chi connectivity index (χ1) is 18.5. The van der Waals surface area contributed by atoms with Gasteiger partial charge in [0.25, 0.3) is 0 Å². The minimum absolute atomic E-state index is 0.0589. The number of rotatable bonds is 11. The van der Waals surface area contributed by atoms with Gasteiger partial charge in [0.1, 0.15) is 12.4 Å². The highest BCUT2D eigenvalue weighted by atomic mass is 19.1. The monoisotopic (exact) mass is 539 g/mol. The van der Waals surface area contributed by atoms with Crippen LogP contribution in [0.4, 0.5) is 8.78 Å². The number of methoxy groups -OCH3 is 2. The topological polar surface area (TPSA) is 77.9 Å². The van der Waals surface area contributed by atoms with Crippen LogP contribution in [-0.4, -0.2) is 30.3 Å². The number of aliphatic carboxylic acids is 1. The molecular weight excluding hydrogens is 504 g/mol. The fourth-order valence-corrected chi connectivity index (χ4v) is 5.15. The molecule has 6 nitrogen and oxygen atoms in total. The van der Waals surface area contributed by atoms with Crippen LogP contribution in [0.15, 0.2) is 48.7 Å². The van der Waals surface area contributed by atoms with Gasteiger partial charge in [0.2, 0.25) is 5.88 Å². The summed E-state index contributed by atoms with van der Waals surface area (Å²) in [5.41, 5.74) is 2.52. The Morgan fingerprint density at radius 3 is 2.44 bits per heavy atom. The second-order valence-electron chi connectivity index (χ2n) is 11.1. The number of ether oxygens (including phenoxy) is 3. The minimum atomic E-state index is -0.944. The molecule has 0 aliphatic heterocycles. The van der Waals surface area contributed by atoms with Crippen molar-refractivity contribution in [1.82, 2.24) is 4.98 Å². The number of nitrogens with zero attached hydrogens (tertiary/aromatic N) is 1. The zero-order valence-electron chi connectivity index (χ0n) is 23.0. The van der Waals surface area contributed by atoms with Crippen LogP contribution in [0.25, 0.3) is 11.1 Å². The van der Waals surface area contributed by atoms with Crippen LogP contribution in [0.1, 0.15) is 68.7 Å². The maximum atomic E-state index is 15.5. The van der Waals surface area contributed by atoms with E-state index in [2.05, 4.69) is 4.98 Å². The second-order valence-corrected chi connectivity index (χ2v) is 11.1. The van der Waals surface area contributed by atoms with E-state index in [9.17, 15) is 14.3 Å². The van der Waals surface area contributed by atoms with E-state index in [0.29, 0.717) is 16.7 Å². The predicted molar refractivity (Wildman–Crippen MR) is 144 cm³/mol. The Hall–Kier alpha value is -3.52. The van der Waals surface area contributed by atoms with Gasteiger partial charge < -0.3 is 19.3 Å². The smallest absolute Gasteiger partial charge is 0.303 e. The number of carboxylic acid groups (broad SMARTS) is 1. The van der Waals surface area contributed by atoms with Crippen molar-refractivity contribution < 1.29 is 32.9 Å². The third-order valence-corrected chi connectivity index (χ3v) is 7.12. The van der Waals surface area contributed by atoms with Crippen molar-refractivity contribution in [1.29, 1.82) is 0 Å². The molecule has 0 amide bonds. The number of aromatic nitrogens is 1. The molecule has 1 aromatic heterocycles. The summed E-state index contributed by atoms with van der Waals surface area (Å²) in [5.74, 6) is -1.80. The van der Waals surface area contributed by atoms with E-state index in [-0.39, 0.29) is 48.0 Å². The lowest BCUT2D eigenvalue weighted by Crippen LogP contribution is -2.21. The minimum Gasteiger partial charge on any atom is -0.486 e. The lowest BCUT2D eigenvalue weighted by atomic mass is 9.81. The van der Waals surface area contributed by atoms with Crippen molar-refractivity contribution in [3.05, 3.63) is 77.0 Å². The molecule has 1 heterocycles. The largest absolute Gasteiger partial charge is 0.486 e. The molecule has 39 heavy (non-hydrogen) atoms.